The van der Waals surface area contributed by atoms with Crippen LogP contribution in [0.1, 0.15) is 25.2 Å². The third-order valence-electron chi connectivity index (χ3n) is 2.36. The van der Waals surface area contributed by atoms with E-state index in [9.17, 15) is 9.59 Å². The van der Waals surface area contributed by atoms with Crippen LogP contribution in [0.2, 0.25) is 0 Å². The molecule has 0 aliphatic rings. The van der Waals surface area contributed by atoms with Crippen LogP contribution in [-0.4, -0.2) is 33.2 Å². The fourth-order valence-electron chi connectivity index (χ4n) is 1.41. The molecule has 19 heavy (non-hydrogen) atoms. The molecule has 0 aliphatic heterocycles. The van der Waals surface area contributed by atoms with Gasteiger partial charge in [0.1, 0.15) is 12.6 Å². The molecular formula is C12H17N3O4. The molecule has 0 radical (unpaired) electrons. The highest BCUT2D eigenvalue weighted by Gasteiger charge is 2.24. The van der Waals surface area contributed by atoms with Crippen molar-refractivity contribution in [3.05, 3.63) is 23.8 Å². The third-order valence-corrected chi connectivity index (χ3v) is 2.36. The van der Waals surface area contributed by atoms with Crippen LogP contribution < -0.4 is 5.32 Å². The second-order valence-electron chi connectivity index (χ2n) is 4.43. The van der Waals surface area contributed by atoms with Crippen LogP contribution in [0, 0.1) is 12.8 Å². The van der Waals surface area contributed by atoms with Crippen LogP contribution in [0.25, 0.3) is 0 Å². The molecule has 0 unspecified atom stereocenters. The molecular weight excluding hydrogens is 250 g/mol. The minimum absolute atomic E-state index is 0.0506. The lowest BCUT2D eigenvalue weighted by Crippen LogP contribution is -2.44. The summed E-state index contributed by atoms with van der Waals surface area (Å²) in [7, 11) is 0. The highest BCUT2D eigenvalue weighted by atomic mass is 16.5. The van der Waals surface area contributed by atoms with Gasteiger partial charge in [-0.3, -0.25) is 9.97 Å². The Morgan fingerprint density at radius 3 is 2.63 bits per heavy atom. The number of hydrogen-bond acceptors (Lipinski definition) is 5. The van der Waals surface area contributed by atoms with E-state index in [0.717, 1.165) is 0 Å². The van der Waals surface area contributed by atoms with Crippen molar-refractivity contribution in [2.75, 3.05) is 0 Å². The SMILES string of the molecule is Cc1cncc(COC(=O)N[C@H](C(=O)O)C(C)C)n1. The zero-order chi connectivity index (χ0) is 14.4. The smallest absolute Gasteiger partial charge is 0.408 e. The number of ether oxygens (including phenoxy) is 1. The van der Waals surface area contributed by atoms with E-state index in [0.29, 0.717) is 11.4 Å². The first-order chi connectivity index (χ1) is 8.90. The maximum atomic E-state index is 11.5. The van der Waals surface area contributed by atoms with E-state index in [1.807, 2.05) is 0 Å². The lowest BCUT2D eigenvalue weighted by atomic mass is 10.1. The number of nitrogens with zero attached hydrogens (tertiary/aromatic N) is 2. The number of carbonyl (C=O) groups is 2. The highest BCUT2D eigenvalue weighted by molar-refractivity contribution is 5.80. The first kappa shape index (κ1) is 14.9. The maximum absolute atomic E-state index is 11.5. The lowest BCUT2D eigenvalue weighted by molar-refractivity contribution is -0.140. The predicted molar refractivity (Wildman–Crippen MR) is 66.4 cm³/mol. The Morgan fingerprint density at radius 1 is 1.42 bits per heavy atom. The summed E-state index contributed by atoms with van der Waals surface area (Å²) in [6.07, 6.45) is 2.28. The summed E-state index contributed by atoms with van der Waals surface area (Å²) in [4.78, 5) is 30.4. The van der Waals surface area contributed by atoms with Crippen molar-refractivity contribution in [2.45, 2.75) is 33.4 Å². The minimum Gasteiger partial charge on any atom is -0.480 e. The van der Waals surface area contributed by atoms with E-state index < -0.39 is 18.1 Å². The van der Waals surface area contributed by atoms with Gasteiger partial charge < -0.3 is 15.2 Å². The van der Waals surface area contributed by atoms with Crippen LogP contribution in [0.5, 0.6) is 0 Å². The van der Waals surface area contributed by atoms with Gasteiger partial charge in [-0.2, -0.15) is 0 Å². The summed E-state index contributed by atoms with van der Waals surface area (Å²) >= 11 is 0. The van der Waals surface area contributed by atoms with Gasteiger partial charge in [-0.15, -0.1) is 0 Å². The monoisotopic (exact) mass is 267 g/mol. The first-order valence-electron chi connectivity index (χ1n) is 5.83. The Balaban J connectivity index is 2.49. The van der Waals surface area contributed by atoms with E-state index in [1.165, 1.54) is 6.20 Å². The van der Waals surface area contributed by atoms with Gasteiger partial charge in [-0.05, 0) is 12.8 Å². The van der Waals surface area contributed by atoms with Crippen molar-refractivity contribution >= 4 is 12.1 Å². The van der Waals surface area contributed by atoms with Gasteiger partial charge in [0.2, 0.25) is 0 Å². The Hall–Kier alpha value is -2.18. The Kier molecular flexibility index (Phi) is 5.23. The van der Waals surface area contributed by atoms with Crippen molar-refractivity contribution in [1.29, 1.82) is 0 Å². The summed E-state index contributed by atoms with van der Waals surface area (Å²) in [5.74, 6) is -1.33. The number of hydrogen-bond donors (Lipinski definition) is 2. The topological polar surface area (TPSA) is 101 Å². The lowest BCUT2D eigenvalue weighted by Gasteiger charge is -2.17. The first-order valence-corrected chi connectivity index (χ1v) is 5.83. The average Bonchev–Trinajstić information content (AvgIpc) is 2.32. The molecule has 1 amide bonds. The molecule has 7 nitrogen and oxygen atoms in total. The summed E-state index contributed by atoms with van der Waals surface area (Å²) in [6.45, 7) is 5.12. The van der Waals surface area contributed by atoms with Crippen molar-refractivity contribution in [3.8, 4) is 0 Å². The third kappa shape index (κ3) is 4.90. The molecule has 104 valence electrons. The summed E-state index contributed by atoms with van der Waals surface area (Å²) in [5, 5.41) is 11.2. The molecule has 7 heteroatoms. The number of carbonyl (C=O) groups excluding carboxylic acids is 1. The molecule has 0 bridgehead atoms. The normalized spacial score (nSPS) is 12.0. The quantitative estimate of drug-likeness (QED) is 0.829. The molecule has 0 fully saturated rings. The van der Waals surface area contributed by atoms with Crippen molar-refractivity contribution in [2.24, 2.45) is 5.92 Å². The molecule has 2 N–H and O–H groups in total. The van der Waals surface area contributed by atoms with E-state index in [4.69, 9.17) is 9.84 Å². The minimum atomic E-state index is -1.10. The Morgan fingerprint density at radius 2 is 2.11 bits per heavy atom. The van der Waals surface area contributed by atoms with Crippen LogP contribution >= 0.6 is 0 Å². The van der Waals surface area contributed by atoms with Gasteiger partial charge in [0.05, 0.1) is 17.6 Å². The number of carboxylic acid groups (broad SMARTS) is 1. The molecule has 0 aliphatic carbocycles. The summed E-state index contributed by atoms with van der Waals surface area (Å²) < 4.78 is 4.90. The van der Waals surface area contributed by atoms with E-state index >= 15 is 0 Å². The van der Waals surface area contributed by atoms with Crippen molar-refractivity contribution < 1.29 is 19.4 Å². The summed E-state index contributed by atoms with van der Waals surface area (Å²) in [5.41, 5.74) is 1.22. The zero-order valence-corrected chi connectivity index (χ0v) is 11.1. The average molecular weight is 267 g/mol. The van der Waals surface area contributed by atoms with Crippen LogP contribution in [0.4, 0.5) is 4.79 Å². The second kappa shape index (κ2) is 6.67. The number of aryl methyl sites for hydroxylation is 1. The Bertz CT molecular complexity index is 462. The predicted octanol–water partition coefficient (Wildman–Crippen LogP) is 1.12. The fraction of sp³-hybridized carbons (Fsp3) is 0.500. The molecule has 1 aromatic heterocycles. The fourth-order valence-corrected chi connectivity index (χ4v) is 1.41. The van der Waals surface area contributed by atoms with E-state index in [2.05, 4.69) is 15.3 Å². The number of carboxylic acids is 1. The number of rotatable bonds is 5. The number of nitrogens with one attached hydrogen (secondary N) is 1. The maximum Gasteiger partial charge on any atom is 0.408 e. The number of amides is 1. The number of alkyl carbamates (subject to hydrolysis) is 1. The van der Waals surface area contributed by atoms with E-state index in [1.54, 1.807) is 27.0 Å². The van der Waals surface area contributed by atoms with Crippen LogP contribution in [0.3, 0.4) is 0 Å². The second-order valence-corrected chi connectivity index (χ2v) is 4.43. The number of aliphatic carboxylic acids is 1. The Labute approximate surface area is 111 Å². The molecule has 1 aromatic rings. The molecule has 1 atom stereocenters. The molecule has 1 heterocycles. The highest BCUT2D eigenvalue weighted by Crippen LogP contribution is 2.03. The van der Waals surface area contributed by atoms with Crippen LogP contribution in [0.15, 0.2) is 12.4 Å². The largest absolute Gasteiger partial charge is 0.480 e. The van der Waals surface area contributed by atoms with Gasteiger partial charge in [0.15, 0.2) is 0 Å². The standard InChI is InChI=1S/C12H17N3O4/c1-7(2)10(11(16)17)15-12(18)19-6-9-5-13-4-8(3)14-9/h4-5,7,10H,6H2,1-3H3,(H,15,18)(H,16,17)/t10-/m0/s1. The van der Waals surface area contributed by atoms with Gasteiger partial charge in [-0.1, -0.05) is 13.8 Å². The summed E-state index contributed by atoms with van der Waals surface area (Å²) in [6, 6.07) is -0.976. The van der Waals surface area contributed by atoms with Gasteiger partial charge in [-0.25, -0.2) is 9.59 Å². The molecule has 0 saturated carbocycles. The zero-order valence-electron chi connectivity index (χ0n) is 11.1. The van der Waals surface area contributed by atoms with Gasteiger partial charge >= 0.3 is 12.1 Å². The molecule has 0 saturated heterocycles. The molecule has 1 rings (SSSR count). The van der Waals surface area contributed by atoms with E-state index in [-0.39, 0.29) is 12.5 Å². The van der Waals surface area contributed by atoms with Crippen molar-refractivity contribution in [1.82, 2.24) is 15.3 Å². The molecule has 0 spiro atoms. The number of aromatic nitrogens is 2. The molecule has 0 aromatic carbocycles. The van der Waals surface area contributed by atoms with Crippen molar-refractivity contribution in [3.63, 3.8) is 0 Å². The van der Waals surface area contributed by atoms with Gasteiger partial charge in [0.25, 0.3) is 0 Å². The van der Waals surface area contributed by atoms with Crippen LogP contribution in [-0.2, 0) is 16.1 Å². The van der Waals surface area contributed by atoms with Gasteiger partial charge in [0, 0.05) is 6.20 Å².